The number of halogens is 1. The molecule has 0 spiro atoms. The maximum atomic E-state index is 11.4. The molecule has 1 aromatic rings. The zero-order chi connectivity index (χ0) is 13.1. The Morgan fingerprint density at radius 3 is 2.89 bits per heavy atom. The highest BCUT2D eigenvalue weighted by Gasteiger charge is 2.31. The summed E-state index contributed by atoms with van der Waals surface area (Å²) >= 11 is 5.76. The first-order valence-corrected chi connectivity index (χ1v) is 7.65. The standard InChI is InChI=1S/C12H14ClN3OS/c1-18(17)16(8-14)11-4-2-9(6-11)10-3-5-12(13)15-7-10/h3,5,7,9,11H,2,4,6H2,1H3/t9-,11-,18?/m1/s1. The second-order valence-electron chi connectivity index (χ2n) is 4.43. The van der Waals surface area contributed by atoms with Crippen molar-refractivity contribution in [3.8, 4) is 6.19 Å². The van der Waals surface area contributed by atoms with Crippen molar-refractivity contribution in [3.63, 3.8) is 0 Å². The van der Waals surface area contributed by atoms with Gasteiger partial charge in [0.05, 0.1) is 0 Å². The van der Waals surface area contributed by atoms with Crippen LogP contribution in [-0.4, -0.2) is 25.8 Å². The molecule has 0 radical (unpaired) electrons. The maximum Gasteiger partial charge on any atom is 0.464 e. The molecule has 0 N–H and O–H groups in total. The summed E-state index contributed by atoms with van der Waals surface area (Å²) in [5, 5.41) is 9.49. The van der Waals surface area contributed by atoms with E-state index in [2.05, 4.69) is 4.98 Å². The molecule has 1 heterocycles. The molecule has 1 saturated carbocycles. The molecule has 2 rings (SSSR count). The molecule has 1 aliphatic carbocycles. The van der Waals surface area contributed by atoms with Crippen LogP contribution in [0.2, 0.25) is 5.15 Å². The van der Waals surface area contributed by atoms with Crippen LogP contribution in [0.3, 0.4) is 0 Å². The normalized spacial score (nSPS) is 25.6. The van der Waals surface area contributed by atoms with Crippen LogP contribution >= 0.6 is 11.6 Å². The van der Waals surface area contributed by atoms with Crippen LogP contribution in [0.15, 0.2) is 18.3 Å². The Balaban J connectivity index is 2.12. The van der Waals surface area contributed by atoms with Crippen LogP contribution in [0.25, 0.3) is 0 Å². The lowest BCUT2D eigenvalue weighted by molar-refractivity contribution is -0.460. The van der Waals surface area contributed by atoms with Crippen molar-refractivity contribution in [2.45, 2.75) is 31.2 Å². The highest BCUT2D eigenvalue weighted by Crippen LogP contribution is 2.35. The predicted octanol–water partition coefficient (Wildman–Crippen LogP) is 2.43. The fourth-order valence-electron chi connectivity index (χ4n) is 2.45. The summed E-state index contributed by atoms with van der Waals surface area (Å²) in [4.78, 5) is 4.08. The third-order valence-corrected chi connectivity index (χ3v) is 4.49. The number of rotatable bonds is 2. The molecule has 1 aromatic heterocycles. The monoisotopic (exact) mass is 283 g/mol. The molecule has 0 amide bonds. The predicted molar refractivity (Wildman–Crippen MR) is 69.6 cm³/mol. The molecule has 96 valence electrons. The molecule has 0 bridgehead atoms. The van der Waals surface area contributed by atoms with Gasteiger partial charge in [-0.25, -0.2) is 4.98 Å². The molecule has 0 aliphatic heterocycles. The summed E-state index contributed by atoms with van der Waals surface area (Å²) in [6.45, 7) is 0. The van der Waals surface area contributed by atoms with E-state index in [4.69, 9.17) is 16.9 Å². The smallest absolute Gasteiger partial charge is 0.464 e. The lowest BCUT2D eigenvalue weighted by Gasteiger charge is -2.13. The molecule has 0 saturated heterocycles. The molecule has 6 heteroatoms. The van der Waals surface area contributed by atoms with Gasteiger partial charge in [0, 0.05) is 6.20 Å². The first kappa shape index (κ1) is 13.5. The topological polar surface area (TPSA) is 62.8 Å². The maximum absolute atomic E-state index is 11.4. The van der Waals surface area contributed by atoms with Crippen LogP contribution in [0.1, 0.15) is 30.7 Å². The number of hydrogen-bond acceptors (Lipinski definition) is 3. The van der Waals surface area contributed by atoms with Gasteiger partial charge in [0.2, 0.25) is 0 Å². The molecule has 1 aliphatic rings. The molecule has 1 unspecified atom stereocenters. The second kappa shape index (κ2) is 5.79. The van der Waals surface area contributed by atoms with Crippen LogP contribution in [0.4, 0.5) is 0 Å². The van der Waals surface area contributed by atoms with Gasteiger partial charge in [0.25, 0.3) is 0 Å². The minimum Gasteiger partial charge on any atom is -0.772 e. The second-order valence-corrected chi connectivity index (χ2v) is 6.06. The molecule has 3 atom stereocenters. The molecular formula is C12H14ClN3OS. The van der Waals surface area contributed by atoms with Crippen molar-refractivity contribution in [3.05, 3.63) is 29.0 Å². The number of aromatic nitrogens is 1. The van der Waals surface area contributed by atoms with Crippen LogP contribution in [0, 0.1) is 11.5 Å². The van der Waals surface area contributed by atoms with Gasteiger partial charge in [0.1, 0.15) is 11.2 Å². The number of hydrogen-bond donors (Lipinski definition) is 0. The zero-order valence-electron chi connectivity index (χ0n) is 10.0. The van der Waals surface area contributed by atoms with Gasteiger partial charge in [-0.2, -0.15) is 3.95 Å². The van der Waals surface area contributed by atoms with Gasteiger partial charge in [-0.15, -0.1) is 11.0 Å². The summed E-state index contributed by atoms with van der Waals surface area (Å²) in [7, 11) is -1.23. The van der Waals surface area contributed by atoms with Crippen LogP contribution < -0.4 is 0 Å². The third-order valence-electron chi connectivity index (χ3n) is 3.33. The van der Waals surface area contributed by atoms with Gasteiger partial charge in [-0.3, -0.25) is 0 Å². The van der Waals surface area contributed by atoms with Crippen molar-refractivity contribution in [2.24, 2.45) is 0 Å². The fourth-order valence-corrected chi connectivity index (χ4v) is 3.29. The van der Waals surface area contributed by atoms with Crippen molar-refractivity contribution in [1.82, 2.24) is 4.98 Å². The van der Waals surface area contributed by atoms with Gasteiger partial charge < -0.3 is 4.55 Å². The minimum atomic E-state index is -1.23. The number of nitrogens with zero attached hydrogens (tertiary/aromatic N) is 3. The Morgan fingerprint density at radius 1 is 1.56 bits per heavy atom. The zero-order valence-corrected chi connectivity index (χ0v) is 11.6. The van der Waals surface area contributed by atoms with Crippen molar-refractivity contribution >= 4 is 22.6 Å². The van der Waals surface area contributed by atoms with E-state index in [1.54, 1.807) is 18.5 Å². The Labute approximate surface area is 114 Å². The Bertz CT molecular complexity index is 505. The van der Waals surface area contributed by atoms with E-state index in [9.17, 15) is 4.55 Å². The van der Waals surface area contributed by atoms with Gasteiger partial charge >= 0.3 is 6.19 Å². The Morgan fingerprint density at radius 2 is 2.33 bits per heavy atom. The molecule has 18 heavy (non-hydrogen) atoms. The fraction of sp³-hybridized carbons (Fsp3) is 0.500. The lowest BCUT2D eigenvalue weighted by atomic mass is 9.99. The van der Waals surface area contributed by atoms with E-state index in [0.717, 1.165) is 24.8 Å². The molecular weight excluding hydrogens is 270 g/mol. The van der Waals surface area contributed by atoms with Gasteiger partial charge in [-0.1, -0.05) is 17.7 Å². The van der Waals surface area contributed by atoms with Crippen molar-refractivity contribution < 1.29 is 8.50 Å². The number of pyridine rings is 1. The summed E-state index contributed by atoms with van der Waals surface area (Å²) in [5.41, 5.74) is 1.14. The summed E-state index contributed by atoms with van der Waals surface area (Å²) in [6.07, 6.45) is 8.07. The Hall–Kier alpha value is -0.960. The molecule has 4 nitrogen and oxygen atoms in total. The highest BCUT2D eigenvalue weighted by molar-refractivity contribution is 7.78. The summed E-state index contributed by atoms with van der Waals surface area (Å²) in [5.74, 6) is 0.374. The van der Waals surface area contributed by atoms with Crippen LogP contribution in [0.5, 0.6) is 0 Å². The number of nitriles is 1. The molecule has 0 aromatic carbocycles. The van der Waals surface area contributed by atoms with Crippen molar-refractivity contribution in [2.75, 3.05) is 6.26 Å². The van der Waals surface area contributed by atoms with Crippen LogP contribution in [-0.2, 0) is 11.0 Å². The highest BCUT2D eigenvalue weighted by atomic mass is 35.5. The van der Waals surface area contributed by atoms with E-state index in [1.165, 1.54) is 3.95 Å². The largest absolute Gasteiger partial charge is 0.772 e. The van der Waals surface area contributed by atoms with Crippen molar-refractivity contribution in [1.29, 1.82) is 5.26 Å². The first-order chi connectivity index (χ1) is 8.61. The van der Waals surface area contributed by atoms with E-state index in [0.29, 0.717) is 11.1 Å². The summed E-state index contributed by atoms with van der Waals surface area (Å²) < 4.78 is 12.8. The quantitative estimate of drug-likeness (QED) is 0.362. The average Bonchev–Trinajstić information content (AvgIpc) is 2.80. The Kier molecular flexibility index (Phi) is 4.33. The lowest BCUT2D eigenvalue weighted by Crippen LogP contribution is -2.22. The molecule has 1 fully saturated rings. The minimum absolute atomic E-state index is 0.0708. The first-order valence-electron chi connectivity index (χ1n) is 5.75. The van der Waals surface area contributed by atoms with E-state index < -0.39 is 11.0 Å². The average molecular weight is 284 g/mol. The van der Waals surface area contributed by atoms with E-state index in [1.807, 2.05) is 12.3 Å². The van der Waals surface area contributed by atoms with Gasteiger partial charge in [0.15, 0.2) is 5.26 Å². The van der Waals surface area contributed by atoms with E-state index in [-0.39, 0.29) is 6.04 Å². The van der Waals surface area contributed by atoms with Gasteiger partial charge in [-0.05, 0) is 43.1 Å². The third kappa shape index (κ3) is 2.89. The SMILES string of the molecule is CS([O-])=[N+](C#N)[C@@H]1CC[C@@H](c2ccc(Cl)nc2)C1. The summed E-state index contributed by atoms with van der Waals surface area (Å²) in [6, 6.07) is 3.83. The van der Waals surface area contributed by atoms with E-state index >= 15 is 0 Å².